The van der Waals surface area contributed by atoms with Gasteiger partial charge in [-0.2, -0.15) is 0 Å². The Balaban J connectivity index is 0.00000312. The monoisotopic (exact) mass is 347 g/mol. The average Bonchev–Trinajstić information content (AvgIpc) is 2.62. The minimum atomic E-state index is -1.25. The number of hydrogen-bond donors (Lipinski definition) is 1. The van der Waals surface area contributed by atoms with Crippen LogP contribution in [0.5, 0.6) is 0 Å². The Hall–Kier alpha value is -2.15. The Morgan fingerprint density at radius 3 is 2.68 bits per heavy atom. The van der Waals surface area contributed by atoms with Crippen LogP contribution in [-0.4, -0.2) is 31.2 Å². The largest absolute Gasteiger partial charge is 1.00 e. The SMILES string of the molecule is C=C(/C=C\C(=C/C)C1=NN=C(c2cccc(C(=O)[O-])c2)OC1)NC.[Na+]. The van der Waals surface area contributed by atoms with E-state index in [4.69, 9.17) is 4.74 Å². The first-order valence-corrected chi connectivity index (χ1v) is 7.35. The molecule has 0 aliphatic carbocycles. The fraction of sp³-hybridized carbons (Fsp3) is 0.167. The fourth-order valence-corrected chi connectivity index (χ4v) is 1.99. The Morgan fingerprint density at radius 2 is 2.12 bits per heavy atom. The molecule has 124 valence electrons. The number of allylic oxidation sites excluding steroid dienone is 3. The molecule has 0 saturated heterocycles. The summed E-state index contributed by atoms with van der Waals surface area (Å²) in [6, 6.07) is 6.21. The van der Waals surface area contributed by atoms with Gasteiger partial charge < -0.3 is 20.0 Å². The van der Waals surface area contributed by atoms with Crippen LogP contribution in [0.25, 0.3) is 0 Å². The predicted octanol–water partition coefficient (Wildman–Crippen LogP) is -1.58. The summed E-state index contributed by atoms with van der Waals surface area (Å²) in [6.45, 7) is 5.96. The molecule has 7 heteroatoms. The van der Waals surface area contributed by atoms with E-state index < -0.39 is 5.97 Å². The second-order valence-electron chi connectivity index (χ2n) is 4.96. The van der Waals surface area contributed by atoms with Gasteiger partial charge in [-0.15, -0.1) is 10.2 Å². The summed E-state index contributed by atoms with van der Waals surface area (Å²) in [4.78, 5) is 10.9. The van der Waals surface area contributed by atoms with Crippen molar-refractivity contribution in [1.82, 2.24) is 5.32 Å². The Morgan fingerprint density at radius 1 is 1.36 bits per heavy atom. The zero-order valence-corrected chi connectivity index (χ0v) is 16.6. The number of carbonyl (C=O) groups excluding carboxylic acids is 1. The fourth-order valence-electron chi connectivity index (χ4n) is 1.99. The number of nitrogens with zero attached hydrogens (tertiary/aromatic N) is 2. The number of aromatic carboxylic acids is 1. The average molecular weight is 347 g/mol. The molecule has 1 aromatic rings. The van der Waals surface area contributed by atoms with Gasteiger partial charge in [0, 0.05) is 18.3 Å². The maximum absolute atomic E-state index is 10.9. The number of nitrogens with one attached hydrogen (secondary N) is 1. The summed E-state index contributed by atoms with van der Waals surface area (Å²) in [5.41, 5.74) is 2.93. The van der Waals surface area contributed by atoms with Crippen LogP contribution in [0.3, 0.4) is 0 Å². The number of benzene rings is 1. The van der Waals surface area contributed by atoms with E-state index >= 15 is 0 Å². The summed E-state index contributed by atoms with van der Waals surface area (Å²) in [7, 11) is 1.79. The molecule has 0 amide bonds. The van der Waals surface area contributed by atoms with Crippen LogP contribution in [0.4, 0.5) is 0 Å². The number of ether oxygens (including phenoxy) is 1. The van der Waals surface area contributed by atoms with Crippen molar-refractivity contribution in [3.8, 4) is 0 Å². The number of carboxylic acids is 1. The molecular formula is C18H18N3NaO3. The summed E-state index contributed by atoms with van der Waals surface area (Å²) in [5.74, 6) is -0.968. The molecular weight excluding hydrogens is 329 g/mol. The van der Waals surface area contributed by atoms with E-state index in [0.29, 0.717) is 11.3 Å². The molecule has 0 saturated carbocycles. The van der Waals surface area contributed by atoms with Gasteiger partial charge in [-0.1, -0.05) is 30.9 Å². The first-order valence-electron chi connectivity index (χ1n) is 7.35. The van der Waals surface area contributed by atoms with Crippen molar-refractivity contribution in [3.05, 3.63) is 71.5 Å². The van der Waals surface area contributed by atoms with E-state index in [-0.39, 0.29) is 47.6 Å². The topological polar surface area (TPSA) is 86.1 Å². The first kappa shape index (κ1) is 20.9. The van der Waals surface area contributed by atoms with Crippen LogP contribution >= 0.6 is 0 Å². The van der Waals surface area contributed by atoms with Crippen LogP contribution in [-0.2, 0) is 4.74 Å². The van der Waals surface area contributed by atoms with Gasteiger partial charge >= 0.3 is 29.6 Å². The first-order chi connectivity index (χ1) is 11.5. The number of hydrogen-bond acceptors (Lipinski definition) is 6. The van der Waals surface area contributed by atoms with Crippen molar-refractivity contribution >= 4 is 17.6 Å². The Bertz CT molecular complexity index is 780. The van der Waals surface area contributed by atoms with Crippen LogP contribution in [0, 0.1) is 0 Å². The van der Waals surface area contributed by atoms with Gasteiger partial charge in [0.15, 0.2) is 0 Å². The molecule has 1 heterocycles. The zero-order chi connectivity index (χ0) is 17.5. The molecule has 1 aromatic carbocycles. The summed E-state index contributed by atoms with van der Waals surface area (Å²) in [6.07, 6.45) is 5.61. The molecule has 0 spiro atoms. The molecule has 6 nitrogen and oxygen atoms in total. The molecule has 0 radical (unpaired) electrons. The second kappa shape index (κ2) is 9.98. The van der Waals surface area contributed by atoms with Crippen molar-refractivity contribution in [1.29, 1.82) is 0 Å². The van der Waals surface area contributed by atoms with Crippen LogP contribution < -0.4 is 40.0 Å². The molecule has 25 heavy (non-hydrogen) atoms. The van der Waals surface area contributed by atoms with Crippen LogP contribution in [0.2, 0.25) is 0 Å². The van der Waals surface area contributed by atoms with E-state index in [2.05, 4.69) is 22.1 Å². The molecule has 0 fully saturated rings. The molecule has 0 bridgehead atoms. The van der Waals surface area contributed by atoms with Gasteiger partial charge in [0.05, 0.1) is 5.97 Å². The van der Waals surface area contributed by atoms with Crippen molar-refractivity contribution in [2.24, 2.45) is 10.2 Å². The third-order valence-electron chi connectivity index (χ3n) is 3.38. The van der Waals surface area contributed by atoms with Gasteiger partial charge in [-0.05, 0) is 36.3 Å². The molecule has 1 N–H and O–H groups in total. The minimum Gasteiger partial charge on any atom is -0.545 e. The van der Waals surface area contributed by atoms with E-state index in [9.17, 15) is 9.90 Å². The van der Waals surface area contributed by atoms with Crippen LogP contribution in [0.1, 0.15) is 22.8 Å². The van der Waals surface area contributed by atoms with Crippen LogP contribution in [0.15, 0.2) is 70.5 Å². The standard InChI is InChI=1S/C18H19N3O3.Na/c1-4-13(9-8-12(2)19-3)16-11-24-17(21-20-16)14-6-5-7-15(10-14)18(22)23;/h4-10,19H,2,11H2,1,3H3,(H,22,23);/q;+1/p-1/b9-8-,13-4+;. The molecule has 0 unspecified atom stereocenters. The molecule has 0 aromatic heterocycles. The second-order valence-corrected chi connectivity index (χ2v) is 4.96. The molecule has 0 atom stereocenters. The summed E-state index contributed by atoms with van der Waals surface area (Å²) in [5, 5.41) is 22.1. The maximum atomic E-state index is 10.9. The van der Waals surface area contributed by atoms with Gasteiger partial charge in [-0.3, -0.25) is 0 Å². The number of rotatable bonds is 6. The third-order valence-corrected chi connectivity index (χ3v) is 3.38. The zero-order valence-electron chi connectivity index (χ0n) is 14.6. The van der Waals surface area contributed by atoms with Crippen molar-refractivity contribution < 1.29 is 44.2 Å². The molecule has 1 aliphatic rings. The van der Waals surface area contributed by atoms with Gasteiger partial charge in [0.2, 0.25) is 5.90 Å². The van der Waals surface area contributed by atoms with E-state index in [1.807, 2.05) is 25.2 Å². The van der Waals surface area contributed by atoms with Gasteiger partial charge in [0.25, 0.3) is 0 Å². The van der Waals surface area contributed by atoms with Gasteiger partial charge in [-0.25, -0.2) is 0 Å². The van der Waals surface area contributed by atoms with E-state index in [1.165, 1.54) is 12.1 Å². The smallest absolute Gasteiger partial charge is 0.545 e. The van der Waals surface area contributed by atoms with Crippen molar-refractivity contribution in [3.63, 3.8) is 0 Å². The molecule has 2 rings (SSSR count). The summed E-state index contributed by atoms with van der Waals surface area (Å²) < 4.78 is 5.62. The number of likely N-dealkylation sites (N-methyl/N-ethyl adjacent to an activating group) is 1. The minimum absolute atomic E-state index is 0. The maximum Gasteiger partial charge on any atom is 1.00 e. The van der Waals surface area contributed by atoms with Crippen molar-refractivity contribution in [2.75, 3.05) is 13.7 Å². The Kier molecular flexibility index (Phi) is 8.34. The van der Waals surface area contributed by atoms with E-state index in [1.54, 1.807) is 19.2 Å². The third kappa shape index (κ3) is 5.70. The Labute approximate surface area is 169 Å². The summed E-state index contributed by atoms with van der Waals surface area (Å²) >= 11 is 0. The van der Waals surface area contributed by atoms with Crippen molar-refractivity contribution in [2.45, 2.75) is 6.92 Å². The quantitative estimate of drug-likeness (QED) is 0.497. The van der Waals surface area contributed by atoms with E-state index in [0.717, 1.165) is 11.3 Å². The normalized spacial score (nSPS) is 14.1. The molecule has 1 aliphatic heterocycles. The number of carboxylic acid groups (broad SMARTS) is 1. The predicted molar refractivity (Wildman–Crippen MR) is 91.8 cm³/mol. The number of carbonyl (C=O) groups is 1. The van der Waals surface area contributed by atoms with Gasteiger partial charge in [0.1, 0.15) is 12.3 Å².